The van der Waals surface area contributed by atoms with Crippen LogP contribution in [0.25, 0.3) is 0 Å². The Balaban J connectivity index is 0. The molecular weight excluding hydrogens is 185 g/mol. The van der Waals surface area contributed by atoms with E-state index in [-0.39, 0.29) is 24.8 Å². The van der Waals surface area contributed by atoms with Gasteiger partial charge in [0, 0.05) is 12.2 Å². The monoisotopic (exact) mass is 195 g/mol. The van der Waals surface area contributed by atoms with Gasteiger partial charge < -0.3 is 5.73 Å². The number of hydrogen-bond donors (Lipinski definition) is 1. The number of aryl methyl sites for hydroxylation is 1. The van der Waals surface area contributed by atoms with Crippen molar-refractivity contribution in [2.75, 3.05) is 0 Å². The molecular formula is C6H11Cl2N3. The minimum Gasteiger partial charge on any atom is -0.325 e. The number of halogens is 2. The second-order valence-electron chi connectivity index (χ2n) is 1.85. The molecule has 5 heteroatoms. The summed E-state index contributed by atoms with van der Waals surface area (Å²) in [5.74, 6) is 0. The van der Waals surface area contributed by atoms with Crippen LogP contribution in [0.15, 0.2) is 12.4 Å². The van der Waals surface area contributed by atoms with E-state index in [1.807, 2.05) is 13.0 Å². The molecule has 0 aliphatic carbocycles. The van der Waals surface area contributed by atoms with Crippen molar-refractivity contribution in [1.29, 1.82) is 0 Å². The smallest absolute Gasteiger partial charge is 0.115 e. The van der Waals surface area contributed by atoms with E-state index in [4.69, 9.17) is 5.73 Å². The van der Waals surface area contributed by atoms with Crippen LogP contribution in [-0.2, 0) is 6.54 Å². The summed E-state index contributed by atoms with van der Waals surface area (Å²) in [6.07, 6.45) is 1.53. The van der Waals surface area contributed by atoms with Gasteiger partial charge in [0.05, 0.1) is 5.69 Å². The van der Waals surface area contributed by atoms with Crippen LogP contribution in [0.1, 0.15) is 11.4 Å². The van der Waals surface area contributed by atoms with Crippen LogP contribution in [-0.4, -0.2) is 9.97 Å². The van der Waals surface area contributed by atoms with Gasteiger partial charge >= 0.3 is 0 Å². The summed E-state index contributed by atoms with van der Waals surface area (Å²) >= 11 is 0. The Hall–Kier alpha value is -0.380. The van der Waals surface area contributed by atoms with Crippen LogP contribution < -0.4 is 5.73 Å². The summed E-state index contributed by atoms with van der Waals surface area (Å²) in [4.78, 5) is 7.84. The van der Waals surface area contributed by atoms with Crippen molar-refractivity contribution < 1.29 is 0 Å². The zero-order valence-electron chi connectivity index (χ0n) is 6.15. The first kappa shape index (κ1) is 13.2. The van der Waals surface area contributed by atoms with E-state index in [0.717, 1.165) is 11.4 Å². The summed E-state index contributed by atoms with van der Waals surface area (Å²) < 4.78 is 0. The zero-order chi connectivity index (χ0) is 6.69. The van der Waals surface area contributed by atoms with Gasteiger partial charge in [-0.2, -0.15) is 0 Å². The topological polar surface area (TPSA) is 51.8 Å². The van der Waals surface area contributed by atoms with Gasteiger partial charge in [0.15, 0.2) is 0 Å². The molecule has 0 aliphatic heterocycles. The SMILES string of the molecule is Cc1cc(CN)ncn1.Cl.Cl. The molecule has 1 aromatic heterocycles. The Labute approximate surface area is 78.2 Å². The van der Waals surface area contributed by atoms with Crippen LogP contribution in [0.4, 0.5) is 0 Å². The van der Waals surface area contributed by atoms with Crippen molar-refractivity contribution in [1.82, 2.24) is 9.97 Å². The normalized spacial score (nSPS) is 7.82. The predicted molar refractivity (Wildman–Crippen MR) is 49.2 cm³/mol. The Morgan fingerprint density at radius 2 is 2.00 bits per heavy atom. The highest BCUT2D eigenvalue weighted by Gasteiger charge is 1.88. The average molecular weight is 196 g/mol. The summed E-state index contributed by atoms with van der Waals surface area (Å²) in [7, 11) is 0. The summed E-state index contributed by atoms with van der Waals surface area (Å²) in [6.45, 7) is 2.41. The van der Waals surface area contributed by atoms with E-state index < -0.39 is 0 Å². The molecule has 1 heterocycles. The molecule has 0 aliphatic rings. The highest BCUT2D eigenvalue weighted by molar-refractivity contribution is 5.85. The lowest BCUT2D eigenvalue weighted by Crippen LogP contribution is -2.00. The van der Waals surface area contributed by atoms with Crippen molar-refractivity contribution >= 4 is 24.8 Å². The molecule has 11 heavy (non-hydrogen) atoms. The average Bonchev–Trinajstić information content (AvgIpc) is 1.88. The molecule has 3 nitrogen and oxygen atoms in total. The highest BCUT2D eigenvalue weighted by Crippen LogP contribution is 1.93. The molecule has 2 N–H and O–H groups in total. The summed E-state index contributed by atoms with van der Waals surface area (Å²) in [5, 5.41) is 0. The van der Waals surface area contributed by atoms with Gasteiger partial charge in [-0.3, -0.25) is 0 Å². The van der Waals surface area contributed by atoms with Gasteiger partial charge in [-0.25, -0.2) is 9.97 Å². The van der Waals surface area contributed by atoms with Gasteiger partial charge in [-0.05, 0) is 13.0 Å². The third kappa shape index (κ3) is 4.14. The molecule has 0 fully saturated rings. The number of aromatic nitrogens is 2. The van der Waals surface area contributed by atoms with Crippen LogP contribution in [0.2, 0.25) is 0 Å². The van der Waals surface area contributed by atoms with Crippen molar-refractivity contribution in [2.45, 2.75) is 13.5 Å². The van der Waals surface area contributed by atoms with Crippen molar-refractivity contribution in [3.8, 4) is 0 Å². The Morgan fingerprint density at radius 1 is 1.36 bits per heavy atom. The van der Waals surface area contributed by atoms with Crippen LogP contribution >= 0.6 is 24.8 Å². The van der Waals surface area contributed by atoms with Crippen LogP contribution in [0.5, 0.6) is 0 Å². The second-order valence-corrected chi connectivity index (χ2v) is 1.85. The Kier molecular flexibility index (Phi) is 7.62. The van der Waals surface area contributed by atoms with E-state index in [1.165, 1.54) is 6.33 Å². The van der Waals surface area contributed by atoms with Crippen molar-refractivity contribution in [3.63, 3.8) is 0 Å². The first-order valence-electron chi connectivity index (χ1n) is 2.80. The molecule has 0 radical (unpaired) electrons. The lowest BCUT2D eigenvalue weighted by Gasteiger charge is -1.93. The summed E-state index contributed by atoms with van der Waals surface area (Å²) in [6, 6.07) is 1.88. The minimum absolute atomic E-state index is 0. The van der Waals surface area contributed by atoms with Gasteiger partial charge in [-0.1, -0.05) is 0 Å². The van der Waals surface area contributed by atoms with E-state index in [0.29, 0.717) is 6.54 Å². The highest BCUT2D eigenvalue weighted by atomic mass is 35.5. The first-order chi connectivity index (χ1) is 4.33. The quantitative estimate of drug-likeness (QED) is 0.731. The second kappa shape index (κ2) is 6.34. The van der Waals surface area contributed by atoms with Crippen molar-refractivity contribution in [3.05, 3.63) is 23.8 Å². The van der Waals surface area contributed by atoms with Gasteiger partial charge in [-0.15, -0.1) is 24.8 Å². The zero-order valence-corrected chi connectivity index (χ0v) is 7.78. The standard InChI is InChI=1S/C6H9N3.2ClH/c1-5-2-6(3-7)9-4-8-5;;/h2,4H,3,7H2,1H3;2*1H. The maximum Gasteiger partial charge on any atom is 0.115 e. The van der Waals surface area contributed by atoms with E-state index >= 15 is 0 Å². The molecule has 0 spiro atoms. The first-order valence-corrected chi connectivity index (χ1v) is 2.80. The van der Waals surface area contributed by atoms with Gasteiger partial charge in [0.1, 0.15) is 6.33 Å². The summed E-state index contributed by atoms with van der Waals surface area (Å²) in [5.41, 5.74) is 7.18. The maximum atomic E-state index is 5.33. The third-order valence-corrected chi connectivity index (χ3v) is 1.07. The van der Waals surface area contributed by atoms with Crippen LogP contribution in [0, 0.1) is 6.92 Å². The van der Waals surface area contributed by atoms with Crippen LogP contribution in [0.3, 0.4) is 0 Å². The molecule has 0 aromatic carbocycles. The molecule has 1 aromatic rings. The lowest BCUT2D eigenvalue weighted by molar-refractivity contribution is 0.947. The molecule has 0 saturated heterocycles. The van der Waals surface area contributed by atoms with E-state index in [1.54, 1.807) is 0 Å². The molecule has 0 atom stereocenters. The molecule has 0 saturated carbocycles. The number of nitrogens with two attached hydrogens (primary N) is 1. The molecule has 0 unspecified atom stereocenters. The Bertz CT molecular complexity index is 205. The molecule has 0 amide bonds. The molecule has 0 bridgehead atoms. The van der Waals surface area contributed by atoms with Gasteiger partial charge in [0.25, 0.3) is 0 Å². The fourth-order valence-corrected chi connectivity index (χ4v) is 0.621. The van der Waals surface area contributed by atoms with E-state index in [9.17, 15) is 0 Å². The predicted octanol–water partition coefficient (Wildman–Crippen LogP) is 1.09. The molecule has 1 rings (SSSR count). The number of rotatable bonds is 1. The van der Waals surface area contributed by atoms with E-state index in [2.05, 4.69) is 9.97 Å². The number of nitrogens with zero attached hydrogens (tertiary/aromatic N) is 2. The molecule has 64 valence electrons. The number of hydrogen-bond acceptors (Lipinski definition) is 3. The lowest BCUT2D eigenvalue weighted by atomic mass is 10.3. The fourth-order valence-electron chi connectivity index (χ4n) is 0.621. The largest absolute Gasteiger partial charge is 0.325 e. The van der Waals surface area contributed by atoms with Gasteiger partial charge in [0.2, 0.25) is 0 Å². The minimum atomic E-state index is 0. The maximum absolute atomic E-state index is 5.33. The third-order valence-electron chi connectivity index (χ3n) is 1.07. The Morgan fingerprint density at radius 3 is 2.36 bits per heavy atom. The van der Waals surface area contributed by atoms with Crippen molar-refractivity contribution in [2.24, 2.45) is 5.73 Å². The fraction of sp³-hybridized carbons (Fsp3) is 0.333.